The van der Waals surface area contributed by atoms with Crippen LogP contribution in [0.25, 0.3) is 0 Å². The molecule has 5 heteroatoms. The lowest BCUT2D eigenvalue weighted by Gasteiger charge is -2.10. The fourth-order valence-electron chi connectivity index (χ4n) is 1.64. The van der Waals surface area contributed by atoms with Gasteiger partial charge in [0, 0.05) is 11.7 Å². The molecule has 1 fully saturated rings. The lowest BCUT2D eigenvalue weighted by molar-refractivity contribution is -0.115. The second-order valence-corrected chi connectivity index (χ2v) is 5.10. The smallest absolute Gasteiger partial charge is 0.238 e. The molecule has 0 radical (unpaired) electrons. The summed E-state index contributed by atoms with van der Waals surface area (Å²) in [5.74, 6) is 0.600. The Hall–Kier alpha value is -1.26. The van der Waals surface area contributed by atoms with Crippen molar-refractivity contribution in [1.29, 1.82) is 0 Å². The van der Waals surface area contributed by atoms with E-state index in [4.69, 9.17) is 16.3 Å². The Labute approximate surface area is 118 Å². The standard InChI is InChI=1S/C14H19ClN2O2/c1-2-7-19-13-6-5-11(8-12(13)15)17-14(18)9-16-10-3-4-10/h5-6,8,10,16H,2-4,7,9H2,1H3,(H,17,18). The third-order valence-corrected chi connectivity index (χ3v) is 3.10. The predicted molar refractivity (Wildman–Crippen MR) is 76.9 cm³/mol. The SMILES string of the molecule is CCCOc1ccc(NC(=O)CNC2CC2)cc1Cl. The van der Waals surface area contributed by atoms with Gasteiger partial charge in [-0.15, -0.1) is 0 Å². The molecule has 0 aliphatic heterocycles. The van der Waals surface area contributed by atoms with Crippen molar-refractivity contribution in [3.63, 3.8) is 0 Å². The van der Waals surface area contributed by atoms with E-state index in [0.717, 1.165) is 6.42 Å². The van der Waals surface area contributed by atoms with Crippen molar-refractivity contribution in [2.45, 2.75) is 32.2 Å². The molecule has 0 saturated heterocycles. The number of carbonyl (C=O) groups excluding carboxylic acids is 1. The zero-order chi connectivity index (χ0) is 13.7. The number of anilines is 1. The van der Waals surface area contributed by atoms with Crippen LogP contribution in [0.2, 0.25) is 5.02 Å². The maximum Gasteiger partial charge on any atom is 0.238 e. The summed E-state index contributed by atoms with van der Waals surface area (Å²) in [4.78, 5) is 11.7. The van der Waals surface area contributed by atoms with Crippen LogP contribution in [-0.4, -0.2) is 25.1 Å². The van der Waals surface area contributed by atoms with Gasteiger partial charge in [0.2, 0.25) is 5.91 Å². The average molecular weight is 283 g/mol. The third kappa shape index (κ3) is 4.73. The first-order chi connectivity index (χ1) is 9.19. The molecule has 1 aromatic carbocycles. The van der Waals surface area contributed by atoms with Crippen molar-refractivity contribution in [2.24, 2.45) is 0 Å². The molecule has 1 aliphatic rings. The fraction of sp³-hybridized carbons (Fsp3) is 0.500. The molecular weight excluding hydrogens is 264 g/mol. The lowest BCUT2D eigenvalue weighted by atomic mass is 10.3. The zero-order valence-electron chi connectivity index (χ0n) is 11.0. The van der Waals surface area contributed by atoms with E-state index >= 15 is 0 Å². The molecule has 1 saturated carbocycles. The minimum Gasteiger partial charge on any atom is -0.492 e. The molecule has 0 aromatic heterocycles. The van der Waals surface area contributed by atoms with E-state index < -0.39 is 0 Å². The van der Waals surface area contributed by atoms with E-state index in [-0.39, 0.29) is 5.91 Å². The number of nitrogens with one attached hydrogen (secondary N) is 2. The number of benzene rings is 1. The van der Waals surface area contributed by atoms with Gasteiger partial charge in [-0.1, -0.05) is 18.5 Å². The lowest BCUT2D eigenvalue weighted by Crippen LogP contribution is -2.29. The van der Waals surface area contributed by atoms with Crippen LogP contribution in [0.15, 0.2) is 18.2 Å². The normalized spacial score (nSPS) is 14.2. The Bertz CT molecular complexity index is 447. The zero-order valence-corrected chi connectivity index (χ0v) is 11.8. The molecule has 1 aromatic rings. The Morgan fingerprint density at radius 1 is 1.47 bits per heavy atom. The molecule has 0 heterocycles. The molecule has 0 bridgehead atoms. The van der Waals surface area contributed by atoms with Gasteiger partial charge in [-0.2, -0.15) is 0 Å². The van der Waals surface area contributed by atoms with Crippen LogP contribution < -0.4 is 15.4 Å². The van der Waals surface area contributed by atoms with Gasteiger partial charge in [-0.3, -0.25) is 4.79 Å². The van der Waals surface area contributed by atoms with Gasteiger partial charge >= 0.3 is 0 Å². The summed E-state index contributed by atoms with van der Waals surface area (Å²) in [6, 6.07) is 5.81. The predicted octanol–water partition coefficient (Wildman–Crippen LogP) is 2.82. The largest absolute Gasteiger partial charge is 0.492 e. The Morgan fingerprint density at radius 3 is 2.89 bits per heavy atom. The third-order valence-electron chi connectivity index (χ3n) is 2.81. The van der Waals surface area contributed by atoms with E-state index in [9.17, 15) is 4.79 Å². The van der Waals surface area contributed by atoms with Crippen molar-refractivity contribution in [3.8, 4) is 5.75 Å². The fourth-order valence-corrected chi connectivity index (χ4v) is 1.87. The highest BCUT2D eigenvalue weighted by Gasteiger charge is 2.21. The van der Waals surface area contributed by atoms with Crippen LogP contribution in [0, 0.1) is 0 Å². The molecular formula is C14H19ClN2O2. The van der Waals surface area contributed by atoms with Gasteiger partial charge in [0.05, 0.1) is 18.2 Å². The maximum absolute atomic E-state index is 11.7. The summed E-state index contributed by atoms with van der Waals surface area (Å²) in [6.45, 7) is 3.02. The van der Waals surface area contributed by atoms with E-state index in [1.165, 1.54) is 12.8 Å². The second-order valence-electron chi connectivity index (χ2n) is 4.70. The number of ether oxygens (including phenoxy) is 1. The highest BCUT2D eigenvalue weighted by molar-refractivity contribution is 6.32. The van der Waals surface area contributed by atoms with Crippen LogP contribution in [-0.2, 0) is 4.79 Å². The Morgan fingerprint density at radius 2 is 2.26 bits per heavy atom. The van der Waals surface area contributed by atoms with E-state index in [1.807, 2.05) is 6.92 Å². The van der Waals surface area contributed by atoms with Crippen molar-refractivity contribution in [2.75, 3.05) is 18.5 Å². The number of carbonyl (C=O) groups is 1. The molecule has 4 nitrogen and oxygen atoms in total. The van der Waals surface area contributed by atoms with Crippen LogP contribution in [0.4, 0.5) is 5.69 Å². The first-order valence-corrected chi connectivity index (χ1v) is 7.02. The number of hydrogen-bond donors (Lipinski definition) is 2. The van der Waals surface area contributed by atoms with Crippen molar-refractivity contribution in [1.82, 2.24) is 5.32 Å². The summed E-state index contributed by atoms with van der Waals surface area (Å²) < 4.78 is 5.48. The van der Waals surface area contributed by atoms with Crippen LogP contribution >= 0.6 is 11.6 Å². The van der Waals surface area contributed by atoms with E-state index in [0.29, 0.717) is 35.7 Å². The summed E-state index contributed by atoms with van der Waals surface area (Å²) in [6.07, 6.45) is 3.27. The first-order valence-electron chi connectivity index (χ1n) is 6.64. The van der Waals surface area contributed by atoms with Gasteiger partial charge in [-0.25, -0.2) is 0 Å². The quantitative estimate of drug-likeness (QED) is 0.808. The van der Waals surface area contributed by atoms with E-state index in [1.54, 1.807) is 18.2 Å². The molecule has 0 spiro atoms. The molecule has 2 N–H and O–H groups in total. The molecule has 0 atom stereocenters. The minimum absolute atomic E-state index is 0.0507. The number of amides is 1. The second kappa shape index (κ2) is 6.78. The van der Waals surface area contributed by atoms with Gasteiger partial charge < -0.3 is 15.4 Å². The van der Waals surface area contributed by atoms with Gasteiger partial charge in [-0.05, 0) is 37.5 Å². The molecule has 2 rings (SSSR count). The summed E-state index contributed by atoms with van der Waals surface area (Å²) >= 11 is 6.09. The summed E-state index contributed by atoms with van der Waals surface area (Å²) in [5.41, 5.74) is 0.691. The van der Waals surface area contributed by atoms with Gasteiger partial charge in [0.1, 0.15) is 5.75 Å². The molecule has 1 amide bonds. The topological polar surface area (TPSA) is 50.4 Å². The first kappa shape index (κ1) is 14.2. The van der Waals surface area contributed by atoms with Gasteiger partial charge in [0.15, 0.2) is 0 Å². The monoisotopic (exact) mass is 282 g/mol. The highest BCUT2D eigenvalue weighted by Crippen LogP contribution is 2.27. The average Bonchev–Trinajstić information content (AvgIpc) is 3.19. The van der Waals surface area contributed by atoms with Crippen LogP contribution in [0.1, 0.15) is 26.2 Å². The van der Waals surface area contributed by atoms with Crippen LogP contribution in [0.3, 0.4) is 0 Å². The summed E-state index contributed by atoms with van der Waals surface area (Å²) in [7, 11) is 0. The number of halogens is 1. The summed E-state index contributed by atoms with van der Waals surface area (Å²) in [5, 5.41) is 6.48. The molecule has 104 valence electrons. The van der Waals surface area contributed by atoms with Crippen LogP contribution in [0.5, 0.6) is 5.75 Å². The number of hydrogen-bond acceptors (Lipinski definition) is 3. The Balaban J connectivity index is 1.85. The van der Waals surface area contributed by atoms with Gasteiger partial charge in [0.25, 0.3) is 0 Å². The van der Waals surface area contributed by atoms with Crippen molar-refractivity contribution < 1.29 is 9.53 Å². The highest BCUT2D eigenvalue weighted by atomic mass is 35.5. The molecule has 0 unspecified atom stereocenters. The molecule has 19 heavy (non-hydrogen) atoms. The number of rotatable bonds is 7. The Kier molecular flexibility index (Phi) is 5.05. The van der Waals surface area contributed by atoms with E-state index in [2.05, 4.69) is 10.6 Å². The minimum atomic E-state index is -0.0507. The maximum atomic E-state index is 11.7. The van der Waals surface area contributed by atoms with Crippen molar-refractivity contribution in [3.05, 3.63) is 23.2 Å². The van der Waals surface area contributed by atoms with Crippen molar-refractivity contribution >= 4 is 23.2 Å². The molecule has 1 aliphatic carbocycles.